The Morgan fingerprint density at radius 1 is 0.703 bits per heavy atom. The summed E-state index contributed by atoms with van der Waals surface area (Å²) >= 11 is 0. The van der Waals surface area contributed by atoms with Crippen molar-refractivity contribution in [2.75, 3.05) is 35.5 Å². The monoisotopic (exact) mass is 514 g/mol. The van der Waals surface area contributed by atoms with Crippen LogP contribution in [0.15, 0.2) is 60.7 Å². The number of hydrogen-bond donors (Lipinski definition) is 2. The lowest BCUT2D eigenvalue weighted by molar-refractivity contribution is -0.150. The maximum absolute atomic E-state index is 11.6. The first-order valence-electron chi connectivity index (χ1n) is 10.9. The number of carbonyl (C=O) groups is 2. The van der Waals surface area contributed by atoms with Gasteiger partial charge in [-0.15, -0.1) is 0 Å². The maximum Gasteiger partial charge on any atom is 0.348 e. The highest BCUT2D eigenvalue weighted by molar-refractivity contribution is 5.76. The third-order valence-electron chi connectivity index (χ3n) is 5.15. The van der Waals surface area contributed by atoms with Crippen molar-refractivity contribution < 1.29 is 48.2 Å². The molecule has 3 rings (SSSR count). The highest BCUT2D eigenvalue weighted by atomic mass is 16.5. The van der Waals surface area contributed by atoms with Gasteiger partial charge in [-0.3, -0.25) is 4.79 Å². The predicted octanol–water partition coefficient (Wildman–Crippen LogP) is 3.79. The van der Waals surface area contributed by atoms with Gasteiger partial charge in [0.25, 0.3) is 0 Å². The third kappa shape index (κ3) is 7.52. The summed E-state index contributed by atoms with van der Waals surface area (Å²) in [7, 11) is 7.47. The third-order valence-corrected chi connectivity index (χ3v) is 5.15. The highest BCUT2D eigenvalue weighted by Crippen LogP contribution is 2.34. The summed E-state index contributed by atoms with van der Waals surface area (Å²) in [6, 6.07) is 16.2. The van der Waals surface area contributed by atoms with Crippen LogP contribution in [0.5, 0.6) is 34.5 Å². The SMILES string of the molecule is COc1ccc(C(O)C(Oc2ccccc2OC)C(=O)O)cc1OC.COc1ccc(C=O)cc1OC. The van der Waals surface area contributed by atoms with Gasteiger partial charge in [0.1, 0.15) is 12.4 Å². The van der Waals surface area contributed by atoms with Crippen LogP contribution in [0.4, 0.5) is 0 Å². The van der Waals surface area contributed by atoms with Gasteiger partial charge in [0, 0.05) is 5.56 Å². The Morgan fingerprint density at radius 2 is 1.19 bits per heavy atom. The van der Waals surface area contributed by atoms with Crippen LogP contribution in [-0.4, -0.2) is 64.1 Å². The molecule has 0 amide bonds. The molecule has 0 aliphatic rings. The van der Waals surface area contributed by atoms with Gasteiger partial charge in [-0.05, 0) is 48.0 Å². The van der Waals surface area contributed by atoms with E-state index in [-0.39, 0.29) is 5.75 Å². The first-order valence-corrected chi connectivity index (χ1v) is 10.9. The Balaban J connectivity index is 0.000000335. The van der Waals surface area contributed by atoms with Crippen LogP contribution in [0.2, 0.25) is 0 Å². The molecule has 0 aliphatic heterocycles. The van der Waals surface area contributed by atoms with Gasteiger partial charge in [-0.25, -0.2) is 4.79 Å². The van der Waals surface area contributed by atoms with E-state index in [0.717, 1.165) is 6.29 Å². The lowest BCUT2D eigenvalue weighted by Crippen LogP contribution is -2.34. The van der Waals surface area contributed by atoms with Gasteiger partial charge in [0.05, 0.1) is 35.5 Å². The molecular formula is C27H30O10. The van der Waals surface area contributed by atoms with E-state index in [0.29, 0.717) is 39.9 Å². The molecule has 0 aliphatic carbocycles. The summed E-state index contributed by atoms with van der Waals surface area (Å²) in [4.78, 5) is 22.0. The number of para-hydroxylation sites is 2. The van der Waals surface area contributed by atoms with Crippen molar-refractivity contribution in [1.29, 1.82) is 0 Å². The van der Waals surface area contributed by atoms with Crippen LogP contribution < -0.4 is 28.4 Å². The maximum atomic E-state index is 11.6. The number of aliphatic carboxylic acids is 1. The van der Waals surface area contributed by atoms with Crippen molar-refractivity contribution in [3.63, 3.8) is 0 Å². The van der Waals surface area contributed by atoms with Gasteiger partial charge in [-0.2, -0.15) is 0 Å². The van der Waals surface area contributed by atoms with Crippen LogP contribution in [0.1, 0.15) is 22.0 Å². The Kier molecular flexibility index (Phi) is 11.1. The highest BCUT2D eigenvalue weighted by Gasteiger charge is 2.31. The van der Waals surface area contributed by atoms with E-state index in [9.17, 15) is 19.8 Å². The van der Waals surface area contributed by atoms with Crippen LogP contribution in [0.3, 0.4) is 0 Å². The lowest BCUT2D eigenvalue weighted by Gasteiger charge is -2.22. The summed E-state index contributed by atoms with van der Waals surface area (Å²) in [5.41, 5.74) is 0.896. The van der Waals surface area contributed by atoms with Crippen molar-refractivity contribution in [2.24, 2.45) is 0 Å². The summed E-state index contributed by atoms with van der Waals surface area (Å²) < 4.78 is 30.9. The number of rotatable bonds is 11. The quantitative estimate of drug-likeness (QED) is 0.365. The van der Waals surface area contributed by atoms with Gasteiger partial charge in [0.15, 0.2) is 34.5 Å². The van der Waals surface area contributed by atoms with Gasteiger partial charge in [0.2, 0.25) is 6.10 Å². The molecule has 0 saturated carbocycles. The molecule has 0 saturated heterocycles. The molecule has 198 valence electrons. The molecule has 0 heterocycles. The molecule has 0 spiro atoms. The molecule has 2 unspecified atom stereocenters. The minimum absolute atomic E-state index is 0.219. The average molecular weight is 515 g/mol. The fourth-order valence-electron chi connectivity index (χ4n) is 3.24. The number of aliphatic hydroxyl groups excluding tert-OH is 1. The second kappa shape index (κ2) is 14.2. The molecule has 10 heteroatoms. The van der Waals surface area contributed by atoms with E-state index in [1.54, 1.807) is 61.7 Å². The van der Waals surface area contributed by atoms with Gasteiger partial charge in [-0.1, -0.05) is 18.2 Å². The van der Waals surface area contributed by atoms with E-state index in [2.05, 4.69) is 0 Å². The molecule has 2 atom stereocenters. The van der Waals surface area contributed by atoms with Crippen molar-refractivity contribution in [1.82, 2.24) is 0 Å². The average Bonchev–Trinajstić information content (AvgIpc) is 2.94. The molecule has 2 N–H and O–H groups in total. The minimum Gasteiger partial charge on any atom is -0.493 e. The molecule has 0 radical (unpaired) electrons. The van der Waals surface area contributed by atoms with Crippen molar-refractivity contribution in [3.05, 3.63) is 71.8 Å². The number of ether oxygens (including phenoxy) is 6. The smallest absolute Gasteiger partial charge is 0.348 e. The van der Waals surface area contributed by atoms with Gasteiger partial charge < -0.3 is 38.6 Å². The van der Waals surface area contributed by atoms with Crippen LogP contribution in [0.25, 0.3) is 0 Å². The fourth-order valence-corrected chi connectivity index (χ4v) is 3.24. The number of aliphatic hydroxyl groups is 1. The Hall–Kier alpha value is -4.44. The largest absolute Gasteiger partial charge is 0.493 e. The zero-order chi connectivity index (χ0) is 27.4. The standard InChI is InChI=1S/C18H20O7.C9H10O3/c1-22-12-6-4-5-7-14(12)25-17(18(20)21)16(19)11-8-9-13(23-2)15(10-11)24-3;1-11-8-4-3-7(6-10)5-9(8)12-2/h4-10,16-17,19H,1-3H3,(H,20,21);3-6H,1-2H3. The normalized spacial score (nSPS) is 11.6. The van der Waals surface area contributed by atoms with Crippen molar-refractivity contribution in [3.8, 4) is 34.5 Å². The van der Waals surface area contributed by atoms with E-state index in [1.165, 1.54) is 34.5 Å². The second-order valence-electron chi connectivity index (χ2n) is 7.32. The molecular weight excluding hydrogens is 484 g/mol. The predicted molar refractivity (Wildman–Crippen MR) is 134 cm³/mol. The lowest BCUT2D eigenvalue weighted by atomic mass is 10.0. The van der Waals surface area contributed by atoms with Crippen LogP contribution in [0, 0.1) is 0 Å². The molecule has 10 nitrogen and oxygen atoms in total. The number of hydrogen-bond acceptors (Lipinski definition) is 9. The van der Waals surface area contributed by atoms with E-state index in [1.807, 2.05) is 0 Å². The second-order valence-corrected chi connectivity index (χ2v) is 7.32. The van der Waals surface area contributed by atoms with Crippen LogP contribution in [-0.2, 0) is 4.79 Å². The molecule has 0 aromatic heterocycles. The van der Waals surface area contributed by atoms with Crippen molar-refractivity contribution >= 4 is 12.3 Å². The zero-order valence-electron chi connectivity index (χ0n) is 21.2. The number of aldehydes is 1. The first-order chi connectivity index (χ1) is 17.8. The van der Waals surface area contributed by atoms with Crippen LogP contribution >= 0.6 is 0 Å². The van der Waals surface area contributed by atoms with E-state index in [4.69, 9.17) is 28.4 Å². The Labute approximate surface area is 214 Å². The van der Waals surface area contributed by atoms with Crippen molar-refractivity contribution in [2.45, 2.75) is 12.2 Å². The molecule has 3 aromatic carbocycles. The number of carboxylic acid groups (broad SMARTS) is 1. The minimum atomic E-state index is -1.53. The number of benzene rings is 3. The van der Waals surface area contributed by atoms with E-state index >= 15 is 0 Å². The zero-order valence-corrected chi connectivity index (χ0v) is 21.2. The number of methoxy groups -OCH3 is 5. The first kappa shape index (κ1) is 28.8. The van der Waals surface area contributed by atoms with E-state index < -0.39 is 18.2 Å². The summed E-state index contributed by atoms with van der Waals surface area (Å²) in [5.74, 6) is 1.32. The topological polar surface area (TPSA) is 130 Å². The number of carboxylic acids is 1. The summed E-state index contributed by atoms with van der Waals surface area (Å²) in [5, 5.41) is 20.0. The Bertz CT molecular complexity index is 1180. The summed E-state index contributed by atoms with van der Waals surface area (Å²) in [6.07, 6.45) is -2.20. The summed E-state index contributed by atoms with van der Waals surface area (Å²) in [6.45, 7) is 0. The molecule has 3 aromatic rings. The Morgan fingerprint density at radius 3 is 1.70 bits per heavy atom. The van der Waals surface area contributed by atoms with Gasteiger partial charge >= 0.3 is 5.97 Å². The molecule has 0 bridgehead atoms. The number of carbonyl (C=O) groups excluding carboxylic acids is 1. The molecule has 37 heavy (non-hydrogen) atoms. The molecule has 0 fully saturated rings. The fraction of sp³-hybridized carbons (Fsp3) is 0.259.